The first-order valence-corrected chi connectivity index (χ1v) is 11.4. The summed E-state index contributed by atoms with van der Waals surface area (Å²) in [7, 11) is -3.53. The molecule has 2 aromatic carbocycles. The minimum absolute atomic E-state index is 0.00212. The highest BCUT2D eigenvalue weighted by Crippen LogP contribution is 2.21. The predicted molar refractivity (Wildman–Crippen MR) is 113 cm³/mol. The van der Waals surface area contributed by atoms with Crippen molar-refractivity contribution >= 4 is 10.1 Å². The fourth-order valence-electron chi connectivity index (χ4n) is 2.90. The van der Waals surface area contributed by atoms with Crippen molar-refractivity contribution in [2.75, 3.05) is 26.0 Å². The molecule has 1 atom stereocenters. The van der Waals surface area contributed by atoms with Gasteiger partial charge in [-0.15, -0.1) is 0 Å². The lowest BCUT2D eigenvalue weighted by atomic mass is 10.0. The summed E-state index contributed by atoms with van der Waals surface area (Å²) in [6.07, 6.45) is -0.297. The van der Waals surface area contributed by atoms with E-state index >= 15 is 4.39 Å². The Labute approximate surface area is 173 Å². The minimum Gasteiger partial charge on any atom is -0.370 e. The molecule has 0 aliphatic heterocycles. The Kier molecular flexibility index (Phi) is 8.77. The molecule has 5 nitrogen and oxygen atoms in total. The molecule has 2 aromatic rings. The van der Waals surface area contributed by atoms with Crippen LogP contribution in [0.1, 0.15) is 25.0 Å². The number of alkyl halides is 1. The molecule has 0 aromatic heterocycles. The summed E-state index contributed by atoms with van der Waals surface area (Å²) in [5.41, 5.74) is 1.14. The molecule has 29 heavy (non-hydrogen) atoms. The Bertz CT molecular complexity index is 787. The monoisotopic (exact) mass is 423 g/mol. The van der Waals surface area contributed by atoms with Crippen LogP contribution in [0.3, 0.4) is 0 Å². The van der Waals surface area contributed by atoms with Crippen molar-refractivity contribution in [2.45, 2.75) is 38.7 Å². The van der Waals surface area contributed by atoms with Crippen LogP contribution in [0.15, 0.2) is 60.7 Å². The fraction of sp³-hybridized carbons (Fsp3) is 0.455. The normalized spacial score (nSPS) is 13.6. The molecular formula is C22H30FNO4S. The molecule has 7 heteroatoms. The molecule has 2 rings (SSSR count). The number of benzene rings is 2. The smallest absolute Gasteiger partial charge is 0.264 e. The van der Waals surface area contributed by atoms with Crippen molar-refractivity contribution in [3.63, 3.8) is 0 Å². The van der Waals surface area contributed by atoms with E-state index in [1.165, 1.54) is 0 Å². The lowest BCUT2D eigenvalue weighted by Gasteiger charge is -2.33. The summed E-state index contributed by atoms with van der Waals surface area (Å²) in [4.78, 5) is 2.05. The summed E-state index contributed by atoms with van der Waals surface area (Å²) in [5, 5.41) is 0. The number of ether oxygens (including phenoxy) is 1. The molecular weight excluding hydrogens is 393 g/mol. The zero-order valence-electron chi connectivity index (χ0n) is 17.3. The van der Waals surface area contributed by atoms with Gasteiger partial charge in [0.25, 0.3) is 10.1 Å². The Morgan fingerprint density at radius 3 is 1.86 bits per heavy atom. The maximum Gasteiger partial charge on any atom is 0.264 e. The van der Waals surface area contributed by atoms with E-state index in [2.05, 4.69) is 4.18 Å². The summed E-state index contributed by atoms with van der Waals surface area (Å²) in [5.74, 6) is 0. The molecule has 1 unspecified atom stereocenters. The van der Waals surface area contributed by atoms with Gasteiger partial charge in [0, 0.05) is 19.6 Å². The molecule has 0 amide bonds. The predicted octanol–water partition coefficient (Wildman–Crippen LogP) is 3.80. The average molecular weight is 424 g/mol. The maximum atomic E-state index is 15.2. The molecule has 0 bridgehead atoms. The zero-order valence-corrected chi connectivity index (χ0v) is 18.1. The summed E-state index contributed by atoms with van der Waals surface area (Å²) < 4.78 is 47.5. The Morgan fingerprint density at radius 1 is 0.931 bits per heavy atom. The highest BCUT2D eigenvalue weighted by Gasteiger charge is 2.32. The van der Waals surface area contributed by atoms with E-state index in [0.29, 0.717) is 13.1 Å². The first-order chi connectivity index (χ1) is 13.7. The van der Waals surface area contributed by atoms with Gasteiger partial charge in [-0.25, -0.2) is 4.39 Å². The Balaban J connectivity index is 1.99. The van der Waals surface area contributed by atoms with Gasteiger partial charge in [0.2, 0.25) is 0 Å². The van der Waals surface area contributed by atoms with Crippen LogP contribution in [0.2, 0.25) is 0 Å². The van der Waals surface area contributed by atoms with Crippen LogP contribution in [0, 0.1) is 0 Å². The largest absolute Gasteiger partial charge is 0.370 e. The third-order valence-electron chi connectivity index (χ3n) is 4.53. The highest BCUT2D eigenvalue weighted by atomic mass is 32.2. The molecule has 0 fully saturated rings. The van der Waals surface area contributed by atoms with Gasteiger partial charge >= 0.3 is 0 Å². The molecule has 0 aliphatic rings. The van der Waals surface area contributed by atoms with Gasteiger partial charge in [0.1, 0.15) is 6.17 Å². The summed E-state index contributed by atoms with van der Waals surface area (Å²) >= 11 is 0. The van der Waals surface area contributed by atoms with E-state index < -0.39 is 21.9 Å². The molecule has 0 radical (unpaired) electrons. The number of nitrogens with zero attached hydrogens (tertiary/aromatic N) is 1. The van der Waals surface area contributed by atoms with Gasteiger partial charge in [-0.3, -0.25) is 9.08 Å². The van der Waals surface area contributed by atoms with Crippen LogP contribution < -0.4 is 0 Å². The van der Waals surface area contributed by atoms with E-state index in [1.807, 2.05) is 65.6 Å². The molecule has 0 aliphatic carbocycles. The molecule has 0 heterocycles. The summed E-state index contributed by atoms with van der Waals surface area (Å²) in [6.45, 7) is 4.61. The van der Waals surface area contributed by atoms with Crippen LogP contribution in [0.25, 0.3) is 0 Å². The van der Waals surface area contributed by atoms with E-state index in [0.717, 1.165) is 17.4 Å². The van der Waals surface area contributed by atoms with E-state index in [4.69, 9.17) is 4.74 Å². The topological polar surface area (TPSA) is 55.8 Å². The maximum absolute atomic E-state index is 15.2. The molecule has 0 spiro atoms. The average Bonchev–Trinajstić information content (AvgIpc) is 2.66. The number of hydrogen-bond acceptors (Lipinski definition) is 5. The quantitative estimate of drug-likeness (QED) is 0.384. The third-order valence-corrected chi connectivity index (χ3v) is 5.12. The van der Waals surface area contributed by atoms with Crippen molar-refractivity contribution in [3.8, 4) is 0 Å². The van der Waals surface area contributed by atoms with Gasteiger partial charge in [-0.1, -0.05) is 60.7 Å². The van der Waals surface area contributed by atoms with Crippen LogP contribution in [-0.4, -0.2) is 51.1 Å². The van der Waals surface area contributed by atoms with Crippen LogP contribution in [0.4, 0.5) is 4.39 Å². The molecule has 0 saturated heterocycles. The minimum atomic E-state index is -3.53. The van der Waals surface area contributed by atoms with Crippen molar-refractivity contribution < 1.29 is 21.7 Å². The first-order valence-electron chi connectivity index (χ1n) is 9.58. The fourth-order valence-corrected chi connectivity index (χ4v) is 3.27. The number of halogens is 1. The lowest BCUT2D eigenvalue weighted by molar-refractivity contribution is -0.0863. The number of rotatable bonds is 12. The second-order valence-corrected chi connectivity index (χ2v) is 9.23. The van der Waals surface area contributed by atoms with Gasteiger partial charge in [0.15, 0.2) is 0 Å². The van der Waals surface area contributed by atoms with E-state index in [-0.39, 0.29) is 19.8 Å². The van der Waals surface area contributed by atoms with Gasteiger partial charge in [0.05, 0.1) is 25.1 Å². The third kappa shape index (κ3) is 9.04. The van der Waals surface area contributed by atoms with Crippen molar-refractivity contribution in [1.82, 2.24) is 4.90 Å². The lowest BCUT2D eigenvalue weighted by Crippen LogP contribution is -2.44. The SMILES string of the molecule is CC(C)(OCCOS(C)(=O)=O)C(F)CN(Cc1ccccc1)Cc1ccccc1. The highest BCUT2D eigenvalue weighted by molar-refractivity contribution is 7.85. The molecule has 160 valence electrons. The van der Waals surface area contributed by atoms with Crippen LogP contribution in [0.5, 0.6) is 0 Å². The Morgan fingerprint density at radius 2 is 1.41 bits per heavy atom. The van der Waals surface area contributed by atoms with Gasteiger partial charge in [-0.05, 0) is 25.0 Å². The second-order valence-electron chi connectivity index (χ2n) is 7.59. The van der Waals surface area contributed by atoms with Crippen LogP contribution >= 0.6 is 0 Å². The first kappa shape index (κ1) is 23.5. The summed E-state index contributed by atoms with van der Waals surface area (Å²) in [6, 6.07) is 19.9. The van der Waals surface area contributed by atoms with E-state index in [1.54, 1.807) is 13.8 Å². The zero-order chi connectivity index (χ0) is 21.3. The molecule has 0 N–H and O–H groups in total. The molecule has 0 saturated carbocycles. The van der Waals surface area contributed by atoms with Crippen molar-refractivity contribution in [2.24, 2.45) is 0 Å². The van der Waals surface area contributed by atoms with Crippen LogP contribution in [-0.2, 0) is 32.1 Å². The van der Waals surface area contributed by atoms with E-state index in [9.17, 15) is 8.42 Å². The van der Waals surface area contributed by atoms with Crippen molar-refractivity contribution in [3.05, 3.63) is 71.8 Å². The number of hydrogen-bond donors (Lipinski definition) is 0. The van der Waals surface area contributed by atoms with Crippen molar-refractivity contribution in [1.29, 1.82) is 0 Å². The second kappa shape index (κ2) is 10.8. The Hall–Kier alpha value is -1.80. The standard InChI is InChI=1S/C22H30FNO4S/c1-22(2,27-14-15-28-29(3,25)26)21(23)18-24(16-19-10-6-4-7-11-19)17-20-12-8-5-9-13-20/h4-13,21H,14-18H2,1-3H3. The van der Waals surface area contributed by atoms with Gasteiger partial charge < -0.3 is 4.74 Å². The van der Waals surface area contributed by atoms with Gasteiger partial charge in [-0.2, -0.15) is 8.42 Å².